The molecule has 0 heterocycles. The number of carbonyl (C=O) groups is 1. The van der Waals surface area contributed by atoms with Crippen molar-refractivity contribution < 1.29 is 77.8 Å². The van der Waals surface area contributed by atoms with Crippen LogP contribution in [0, 0.1) is 6.92 Å². The zero-order chi connectivity index (χ0) is 10.0. The Kier molecular flexibility index (Phi) is 9.66. The van der Waals surface area contributed by atoms with Gasteiger partial charge >= 0.3 is 59.1 Å². The first kappa shape index (κ1) is 18.2. The van der Waals surface area contributed by atoms with Crippen LogP contribution in [-0.4, -0.2) is 14.7 Å². The molecule has 0 aliphatic carbocycles. The van der Waals surface area contributed by atoms with Gasteiger partial charge in [-0.15, -0.1) is 0 Å². The van der Waals surface area contributed by atoms with Crippen LogP contribution in [0.25, 0.3) is 0 Å². The van der Waals surface area contributed by atoms with Crippen molar-refractivity contribution in [1.82, 2.24) is 0 Å². The van der Waals surface area contributed by atoms with E-state index in [1.54, 1.807) is 0 Å². The van der Waals surface area contributed by atoms with Crippen molar-refractivity contribution in [3.8, 4) is 0 Å². The summed E-state index contributed by atoms with van der Waals surface area (Å²) in [7, 11) is 0. The zero-order valence-electron chi connectivity index (χ0n) is 8.77. The van der Waals surface area contributed by atoms with Crippen molar-refractivity contribution >= 4 is 17.0 Å². The molecule has 0 radical (unpaired) electrons. The Labute approximate surface area is 134 Å². The first-order valence-corrected chi connectivity index (χ1v) is 4.51. The topological polar surface area (TPSA) is 80.3 Å². The number of benzene rings is 1. The molecule has 0 N–H and O–H groups in total. The summed E-state index contributed by atoms with van der Waals surface area (Å²) in [6.07, 6.45) is 0. The van der Waals surface area contributed by atoms with Gasteiger partial charge in [-0.2, -0.15) is 0 Å². The van der Waals surface area contributed by atoms with Crippen LogP contribution in [0.4, 0.5) is 0 Å². The van der Waals surface area contributed by atoms with Gasteiger partial charge in [-0.05, 0) is 29.6 Å². The van der Waals surface area contributed by atoms with Crippen molar-refractivity contribution in [2.75, 3.05) is 0 Å². The summed E-state index contributed by atoms with van der Waals surface area (Å²) in [5, 5.41) is 10.5. The van der Waals surface area contributed by atoms with E-state index in [4.69, 9.17) is 0 Å². The molecular weight excluding hydrogens is 238 g/mol. The predicted octanol–water partition coefficient (Wildman–Crippen LogP) is -6.40. The summed E-state index contributed by atoms with van der Waals surface area (Å²) < 4.78 is 21.2. The second-order valence-electron chi connectivity index (χ2n) is 2.45. The predicted molar refractivity (Wildman–Crippen MR) is 42.7 cm³/mol. The third-order valence-electron chi connectivity index (χ3n) is 1.68. The van der Waals surface area contributed by atoms with Gasteiger partial charge in [-0.25, -0.2) is 0 Å². The van der Waals surface area contributed by atoms with E-state index in [0.29, 0.717) is 0 Å². The number of rotatable bonds is 2. The number of hydrogen-bond acceptors (Lipinski definition) is 4. The summed E-state index contributed by atoms with van der Waals surface area (Å²) in [5.74, 6) is -1.37. The molecule has 1 atom stereocenters. The fraction of sp³-hybridized carbons (Fsp3) is 0.125. The van der Waals surface area contributed by atoms with Crippen LogP contribution in [0.5, 0.6) is 0 Å². The van der Waals surface area contributed by atoms with Crippen LogP contribution in [0.3, 0.4) is 0 Å². The molecule has 0 saturated heterocycles. The SMILES string of the molecule is Cc1c(C(=O)[O-])cccc1S(=O)[O-].[Na+].[Na+]. The smallest absolute Gasteiger partial charge is 0.768 e. The molecule has 7 heteroatoms. The van der Waals surface area contributed by atoms with E-state index in [0.717, 1.165) is 0 Å². The van der Waals surface area contributed by atoms with E-state index in [1.807, 2.05) is 0 Å². The number of carbonyl (C=O) groups excluding carboxylic acids is 1. The number of aromatic carboxylic acids is 1. The molecule has 1 aromatic carbocycles. The van der Waals surface area contributed by atoms with Crippen molar-refractivity contribution in [3.63, 3.8) is 0 Å². The van der Waals surface area contributed by atoms with Gasteiger partial charge in [0.1, 0.15) is 0 Å². The molecule has 0 aromatic heterocycles. The standard InChI is InChI=1S/C8H8O4S.2Na/c1-5-6(8(9)10)3-2-4-7(5)13(11)12;;/h2-4H,1H3,(H,9,10)(H,11,12);;/q;2*+1/p-2. The van der Waals surface area contributed by atoms with Crippen LogP contribution in [0.2, 0.25) is 0 Å². The Hall–Kier alpha value is 0.800. The number of carboxylic acids is 1. The molecule has 70 valence electrons. The van der Waals surface area contributed by atoms with Crippen LogP contribution in [0.1, 0.15) is 15.9 Å². The third-order valence-corrected chi connectivity index (χ3v) is 2.48. The molecule has 0 aliphatic rings. The zero-order valence-corrected chi connectivity index (χ0v) is 13.6. The van der Waals surface area contributed by atoms with Gasteiger partial charge in [-0.3, -0.25) is 4.21 Å². The summed E-state index contributed by atoms with van der Waals surface area (Å²) in [6.45, 7) is 1.43. The van der Waals surface area contributed by atoms with Gasteiger partial charge in [0.2, 0.25) is 0 Å². The normalized spacial score (nSPS) is 10.8. The van der Waals surface area contributed by atoms with Crippen molar-refractivity contribution in [2.45, 2.75) is 11.8 Å². The second-order valence-corrected chi connectivity index (χ2v) is 3.36. The van der Waals surface area contributed by atoms with Crippen LogP contribution in [-0.2, 0) is 11.1 Å². The fourth-order valence-electron chi connectivity index (χ4n) is 1.02. The minimum Gasteiger partial charge on any atom is -0.768 e. The summed E-state index contributed by atoms with van der Waals surface area (Å²) >= 11 is -2.41. The molecule has 0 spiro atoms. The number of hydrogen-bond donors (Lipinski definition) is 0. The molecular formula is C8H6Na2O4S. The monoisotopic (exact) mass is 244 g/mol. The Balaban J connectivity index is 0. The van der Waals surface area contributed by atoms with Crippen molar-refractivity contribution in [2.24, 2.45) is 0 Å². The Bertz CT molecular complexity index is 349. The van der Waals surface area contributed by atoms with E-state index in [1.165, 1.54) is 25.1 Å². The van der Waals surface area contributed by atoms with E-state index in [-0.39, 0.29) is 75.1 Å². The summed E-state index contributed by atoms with van der Waals surface area (Å²) in [5.41, 5.74) is 0.109. The van der Waals surface area contributed by atoms with Crippen molar-refractivity contribution in [3.05, 3.63) is 29.3 Å². The number of carboxylic acid groups (broad SMARTS) is 1. The van der Waals surface area contributed by atoms with Crippen LogP contribution < -0.4 is 64.2 Å². The minimum absolute atomic E-state index is 0. The maximum absolute atomic E-state index is 10.6. The fourth-order valence-corrected chi connectivity index (χ4v) is 1.57. The molecule has 4 nitrogen and oxygen atoms in total. The molecule has 0 bridgehead atoms. The van der Waals surface area contributed by atoms with Gasteiger partial charge in [0.05, 0.1) is 5.97 Å². The van der Waals surface area contributed by atoms with Crippen molar-refractivity contribution in [1.29, 1.82) is 0 Å². The molecule has 1 rings (SSSR count). The van der Waals surface area contributed by atoms with E-state index < -0.39 is 17.0 Å². The molecule has 15 heavy (non-hydrogen) atoms. The van der Waals surface area contributed by atoms with Gasteiger partial charge in [0, 0.05) is 10.5 Å². The first-order valence-electron chi connectivity index (χ1n) is 3.44. The molecule has 1 aromatic rings. The molecule has 0 aliphatic heterocycles. The maximum atomic E-state index is 10.6. The summed E-state index contributed by atoms with van der Waals surface area (Å²) in [6, 6.07) is 4.01. The van der Waals surface area contributed by atoms with E-state index in [9.17, 15) is 18.7 Å². The van der Waals surface area contributed by atoms with Crippen LogP contribution >= 0.6 is 0 Å². The van der Waals surface area contributed by atoms with Crippen LogP contribution in [0.15, 0.2) is 23.1 Å². The van der Waals surface area contributed by atoms with E-state index in [2.05, 4.69) is 0 Å². The van der Waals surface area contributed by atoms with Gasteiger partial charge in [0.15, 0.2) is 0 Å². The Morgan fingerprint density at radius 1 is 1.33 bits per heavy atom. The molecule has 1 unspecified atom stereocenters. The largest absolute Gasteiger partial charge is 1.00 e. The molecule has 0 saturated carbocycles. The average molecular weight is 244 g/mol. The summed E-state index contributed by atoms with van der Waals surface area (Å²) in [4.78, 5) is 10.5. The van der Waals surface area contributed by atoms with E-state index >= 15 is 0 Å². The third kappa shape index (κ3) is 4.66. The Morgan fingerprint density at radius 3 is 2.27 bits per heavy atom. The average Bonchev–Trinajstić information content (AvgIpc) is 2.03. The van der Waals surface area contributed by atoms with Gasteiger partial charge in [0.25, 0.3) is 0 Å². The van der Waals surface area contributed by atoms with Gasteiger partial charge in [-0.1, -0.05) is 12.1 Å². The molecule has 0 amide bonds. The maximum Gasteiger partial charge on any atom is 1.00 e. The minimum atomic E-state index is -2.41. The quantitative estimate of drug-likeness (QED) is 0.383. The second kappa shape index (κ2) is 7.97. The first-order chi connectivity index (χ1) is 6.04. The Morgan fingerprint density at radius 2 is 1.87 bits per heavy atom. The molecule has 0 fully saturated rings. The van der Waals surface area contributed by atoms with Gasteiger partial charge < -0.3 is 14.5 Å².